The molecule has 0 saturated heterocycles. The summed E-state index contributed by atoms with van der Waals surface area (Å²) in [6.45, 7) is 1.52. The lowest BCUT2D eigenvalue weighted by Crippen LogP contribution is -2.21. The van der Waals surface area contributed by atoms with E-state index in [9.17, 15) is 9.59 Å². The zero-order valence-electron chi connectivity index (χ0n) is 19.1. The molecule has 3 aromatic rings. The van der Waals surface area contributed by atoms with E-state index in [1.807, 2.05) is 42.5 Å². The van der Waals surface area contributed by atoms with Crippen molar-refractivity contribution in [2.24, 2.45) is 5.92 Å². The highest BCUT2D eigenvalue weighted by Gasteiger charge is 2.17. The first-order valence-corrected chi connectivity index (χ1v) is 12.2. The lowest BCUT2D eigenvalue weighted by molar-refractivity contribution is 0.0974. The van der Waals surface area contributed by atoms with Gasteiger partial charge in [0.05, 0.1) is 6.54 Å². The predicted octanol–water partition coefficient (Wildman–Crippen LogP) is 5.75. The number of rotatable bonds is 6. The quantitative estimate of drug-likeness (QED) is 0.358. The fraction of sp³-hybridized carbons (Fsp3) is 0.429. The van der Waals surface area contributed by atoms with Gasteiger partial charge in [-0.25, -0.2) is 0 Å². The number of pyridine rings is 1. The number of hydrogen-bond donors (Lipinski definition) is 0. The Hall–Kier alpha value is -3.08. The molecule has 2 aliphatic rings. The van der Waals surface area contributed by atoms with Crippen LogP contribution in [0.15, 0.2) is 53.5 Å². The maximum atomic E-state index is 13.2. The van der Waals surface area contributed by atoms with Crippen LogP contribution in [-0.4, -0.2) is 23.6 Å². The number of Topliss-reactive ketones (excluding diaryl/α,β-unsaturated/α-hetero) is 1. The number of aromatic nitrogens is 1. The lowest BCUT2D eigenvalue weighted by atomic mass is 9.91. The summed E-state index contributed by atoms with van der Waals surface area (Å²) in [4.78, 5) is 26.3. The smallest absolute Gasteiger partial charge is 0.258 e. The summed E-state index contributed by atoms with van der Waals surface area (Å²) in [6, 6.07) is 13.2. The first-order chi connectivity index (χ1) is 16.2. The zero-order chi connectivity index (χ0) is 22.6. The van der Waals surface area contributed by atoms with E-state index in [4.69, 9.17) is 9.47 Å². The summed E-state index contributed by atoms with van der Waals surface area (Å²) in [5.41, 5.74) is 1.56. The van der Waals surface area contributed by atoms with Crippen molar-refractivity contribution in [3.63, 3.8) is 0 Å². The molecule has 1 aliphatic carbocycles. The minimum absolute atomic E-state index is 0.0826. The SMILES string of the molecule is O=C(CCC1CCCCCC1)c1cccc2c(=O)n(Cc3ccc4c(c3)OCCO4)ccc12. The van der Waals surface area contributed by atoms with Gasteiger partial charge in [0.15, 0.2) is 17.3 Å². The molecule has 1 fully saturated rings. The number of benzene rings is 2. The molecule has 2 aromatic carbocycles. The Morgan fingerprint density at radius 1 is 0.909 bits per heavy atom. The van der Waals surface area contributed by atoms with E-state index in [0.29, 0.717) is 48.8 Å². The molecule has 0 N–H and O–H groups in total. The standard InChI is InChI=1S/C28H31NO4/c30-25(12-10-20-6-3-1-2-4-7-20)23-8-5-9-24-22(23)14-15-29(28(24)31)19-21-11-13-26-27(18-21)33-17-16-32-26/h5,8-9,11,13-15,18,20H,1-4,6-7,10,12,16-17,19H2. The molecule has 0 bridgehead atoms. The molecule has 0 atom stereocenters. The average Bonchev–Trinajstić information content (AvgIpc) is 3.13. The summed E-state index contributed by atoms with van der Waals surface area (Å²) in [5, 5.41) is 1.35. The van der Waals surface area contributed by atoms with Crippen LogP contribution < -0.4 is 15.0 Å². The second-order valence-corrected chi connectivity index (χ2v) is 9.31. The Morgan fingerprint density at radius 3 is 2.52 bits per heavy atom. The predicted molar refractivity (Wildman–Crippen MR) is 129 cm³/mol. The Bertz CT molecular complexity index is 1200. The van der Waals surface area contributed by atoms with E-state index in [1.54, 1.807) is 10.8 Å². The van der Waals surface area contributed by atoms with E-state index in [2.05, 4.69) is 0 Å². The van der Waals surface area contributed by atoms with Crippen LogP contribution in [-0.2, 0) is 6.54 Å². The number of nitrogens with zero attached hydrogens (tertiary/aromatic N) is 1. The van der Waals surface area contributed by atoms with Crippen LogP contribution in [0.5, 0.6) is 11.5 Å². The summed E-state index contributed by atoms with van der Waals surface area (Å²) in [6.07, 6.45) is 11.0. The molecule has 0 radical (unpaired) electrons. The fourth-order valence-corrected chi connectivity index (χ4v) is 5.19. The van der Waals surface area contributed by atoms with Crippen LogP contribution in [0.1, 0.15) is 67.3 Å². The van der Waals surface area contributed by atoms with Crippen molar-refractivity contribution in [1.29, 1.82) is 0 Å². The summed E-state index contributed by atoms with van der Waals surface area (Å²) in [5.74, 6) is 2.26. The van der Waals surface area contributed by atoms with Gasteiger partial charge in [-0.1, -0.05) is 56.7 Å². The average molecular weight is 446 g/mol. The van der Waals surface area contributed by atoms with Crippen LogP contribution in [0.4, 0.5) is 0 Å². The molecule has 33 heavy (non-hydrogen) atoms. The molecule has 1 aliphatic heterocycles. The Morgan fingerprint density at radius 2 is 1.70 bits per heavy atom. The lowest BCUT2D eigenvalue weighted by Gasteiger charge is -2.19. The highest BCUT2D eigenvalue weighted by atomic mass is 16.6. The van der Waals surface area contributed by atoms with Crippen molar-refractivity contribution in [3.05, 3.63) is 70.1 Å². The molecule has 172 valence electrons. The molecule has 2 heterocycles. The first kappa shape index (κ1) is 21.7. The van der Waals surface area contributed by atoms with E-state index < -0.39 is 0 Å². The largest absolute Gasteiger partial charge is 0.486 e. The molecular formula is C28H31NO4. The van der Waals surface area contributed by atoms with Crippen molar-refractivity contribution < 1.29 is 14.3 Å². The van der Waals surface area contributed by atoms with Gasteiger partial charge in [0.1, 0.15) is 13.2 Å². The Balaban J connectivity index is 1.35. The van der Waals surface area contributed by atoms with Gasteiger partial charge in [-0.3, -0.25) is 9.59 Å². The summed E-state index contributed by atoms with van der Waals surface area (Å²) in [7, 11) is 0. The number of carbonyl (C=O) groups excluding carboxylic acids is 1. The topological polar surface area (TPSA) is 57.5 Å². The van der Waals surface area contributed by atoms with Gasteiger partial charge in [-0.05, 0) is 47.6 Å². The van der Waals surface area contributed by atoms with Crippen molar-refractivity contribution in [3.8, 4) is 11.5 Å². The molecule has 5 nitrogen and oxygen atoms in total. The second-order valence-electron chi connectivity index (χ2n) is 9.31. The highest BCUT2D eigenvalue weighted by Crippen LogP contribution is 2.31. The molecule has 0 unspecified atom stereocenters. The van der Waals surface area contributed by atoms with E-state index in [0.717, 1.165) is 23.1 Å². The minimum atomic E-state index is -0.0826. The number of ketones is 1. The zero-order valence-corrected chi connectivity index (χ0v) is 19.1. The number of hydrogen-bond acceptors (Lipinski definition) is 4. The number of carbonyl (C=O) groups is 1. The minimum Gasteiger partial charge on any atom is -0.486 e. The van der Waals surface area contributed by atoms with E-state index in [1.165, 1.54) is 38.5 Å². The molecular weight excluding hydrogens is 414 g/mol. The maximum Gasteiger partial charge on any atom is 0.258 e. The van der Waals surface area contributed by atoms with Gasteiger partial charge in [-0.2, -0.15) is 0 Å². The number of ether oxygens (including phenoxy) is 2. The molecule has 5 heteroatoms. The third-order valence-electron chi connectivity index (χ3n) is 7.03. The van der Waals surface area contributed by atoms with Gasteiger partial charge in [0, 0.05) is 23.6 Å². The van der Waals surface area contributed by atoms with Gasteiger partial charge in [0.25, 0.3) is 5.56 Å². The highest BCUT2D eigenvalue weighted by molar-refractivity contribution is 6.07. The monoisotopic (exact) mass is 445 g/mol. The summed E-state index contributed by atoms with van der Waals surface area (Å²) < 4.78 is 12.9. The van der Waals surface area contributed by atoms with Crippen molar-refractivity contribution >= 4 is 16.6 Å². The van der Waals surface area contributed by atoms with Gasteiger partial charge >= 0.3 is 0 Å². The van der Waals surface area contributed by atoms with E-state index in [-0.39, 0.29) is 11.3 Å². The molecule has 0 spiro atoms. The third kappa shape index (κ3) is 4.82. The van der Waals surface area contributed by atoms with Crippen molar-refractivity contribution in [2.45, 2.75) is 57.9 Å². The molecule has 0 amide bonds. The van der Waals surface area contributed by atoms with Crippen LogP contribution >= 0.6 is 0 Å². The maximum absolute atomic E-state index is 13.2. The second kappa shape index (κ2) is 9.82. The molecule has 1 saturated carbocycles. The van der Waals surface area contributed by atoms with Crippen molar-refractivity contribution in [2.75, 3.05) is 13.2 Å². The molecule has 1 aromatic heterocycles. The third-order valence-corrected chi connectivity index (χ3v) is 7.03. The Kier molecular flexibility index (Phi) is 6.47. The van der Waals surface area contributed by atoms with E-state index >= 15 is 0 Å². The fourth-order valence-electron chi connectivity index (χ4n) is 5.19. The van der Waals surface area contributed by atoms with Crippen LogP contribution in [0, 0.1) is 5.92 Å². The van der Waals surface area contributed by atoms with Gasteiger partial charge in [0.2, 0.25) is 0 Å². The normalized spacial score (nSPS) is 16.5. The Labute approximate surface area is 194 Å². The van der Waals surface area contributed by atoms with Crippen LogP contribution in [0.25, 0.3) is 10.8 Å². The van der Waals surface area contributed by atoms with Crippen LogP contribution in [0.2, 0.25) is 0 Å². The summed E-state index contributed by atoms with van der Waals surface area (Å²) >= 11 is 0. The number of fused-ring (bicyclic) bond motifs is 2. The van der Waals surface area contributed by atoms with Crippen molar-refractivity contribution in [1.82, 2.24) is 4.57 Å². The van der Waals surface area contributed by atoms with Crippen LogP contribution in [0.3, 0.4) is 0 Å². The van der Waals surface area contributed by atoms with Gasteiger partial charge in [-0.15, -0.1) is 0 Å². The molecule has 5 rings (SSSR count). The van der Waals surface area contributed by atoms with Gasteiger partial charge < -0.3 is 14.0 Å². The first-order valence-electron chi connectivity index (χ1n) is 12.2.